The number of nitrogens with one attached hydrogen (secondary N) is 1. The van der Waals surface area contributed by atoms with Crippen molar-refractivity contribution in [2.45, 2.75) is 44.8 Å². The van der Waals surface area contributed by atoms with E-state index in [1.807, 2.05) is 6.07 Å². The Labute approximate surface area is 224 Å². The van der Waals surface area contributed by atoms with Crippen molar-refractivity contribution < 1.29 is 27.0 Å². The van der Waals surface area contributed by atoms with Crippen molar-refractivity contribution in [2.24, 2.45) is 0 Å². The number of likely N-dealkylation sites (tertiary alicyclic amines) is 1. The Kier molecular flexibility index (Phi) is 7.23. The second-order valence-electron chi connectivity index (χ2n) is 10.2. The number of piperidine rings is 1. The van der Waals surface area contributed by atoms with Crippen LogP contribution in [-0.4, -0.2) is 65.8 Å². The fourth-order valence-corrected chi connectivity index (χ4v) is 5.01. The maximum atomic E-state index is 15.0. The van der Waals surface area contributed by atoms with Crippen molar-refractivity contribution in [1.29, 1.82) is 0 Å². The van der Waals surface area contributed by atoms with Crippen LogP contribution in [0.4, 0.5) is 35.0 Å². The van der Waals surface area contributed by atoms with Gasteiger partial charge in [0.1, 0.15) is 18.1 Å². The Bertz CT molecular complexity index is 1360. The van der Waals surface area contributed by atoms with Gasteiger partial charge < -0.3 is 24.6 Å². The third-order valence-electron chi connectivity index (χ3n) is 7.06. The molecule has 0 bridgehead atoms. The highest BCUT2D eigenvalue weighted by Crippen LogP contribution is 2.44. The molecule has 0 saturated carbocycles. The number of rotatable bonds is 6. The van der Waals surface area contributed by atoms with Crippen molar-refractivity contribution in [3.63, 3.8) is 0 Å². The molecule has 0 unspecified atom stereocenters. The first-order chi connectivity index (χ1) is 18.5. The van der Waals surface area contributed by atoms with E-state index in [-0.39, 0.29) is 28.9 Å². The number of alkyl halides is 2. The maximum absolute atomic E-state index is 15.0. The molecule has 8 nitrogen and oxygen atoms in total. The van der Waals surface area contributed by atoms with Gasteiger partial charge in [0.25, 0.3) is 0 Å². The molecule has 1 saturated heterocycles. The van der Waals surface area contributed by atoms with Gasteiger partial charge in [0.2, 0.25) is 11.8 Å². The van der Waals surface area contributed by atoms with Crippen LogP contribution in [0.1, 0.15) is 38.2 Å². The van der Waals surface area contributed by atoms with E-state index in [9.17, 15) is 17.6 Å². The lowest BCUT2D eigenvalue weighted by molar-refractivity contribution is -0.174. The number of benzene rings is 1. The number of anilines is 3. The lowest BCUT2D eigenvalue weighted by Crippen LogP contribution is -2.48. The fourth-order valence-electron chi connectivity index (χ4n) is 5.01. The number of halogens is 4. The van der Waals surface area contributed by atoms with Crippen LogP contribution in [0.15, 0.2) is 30.5 Å². The maximum Gasteiger partial charge on any atom is 0.416 e. The third-order valence-corrected chi connectivity index (χ3v) is 7.06. The molecule has 1 N–H and O–H groups in total. The molecule has 0 spiro atoms. The molecular formula is C27H30F4N6O2. The van der Waals surface area contributed by atoms with Gasteiger partial charge in [0.15, 0.2) is 17.4 Å². The first-order valence-electron chi connectivity index (χ1n) is 12.7. The van der Waals surface area contributed by atoms with Gasteiger partial charge in [-0.05, 0) is 77.0 Å². The Morgan fingerprint density at radius 3 is 2.54 bits per heavy atom. The molecule has 2 aromatic heterocycles. The largest absolute Gasteiger partial charge is 0.481 e. The molecule has 5 rings (SSSR count). The molecule has 39 heavy (non-hydrogen) atoms. The van der Waals surface area contributed by atoms with E-state index < -0.39 is 30.0 Å². The summed E-state index contributed by atoms with van der Waals surface area (Å²) in [6.45, 7) is 4.62. The topological polar surface area (TPSA) is 75.6 Å². The van der Waals surface area contributed by atoms with Gasteiger partial charge in [-0.3, -0.25) is 0 Å². The van der Waals surface area contributed by atoms with Crippen LogP contribution >= 0.6 is 0 Å². The first kappa shape index (κ1) is 26.9. The van der Waals surface area contributed by atoms with Crippen molar-refractivity contribution in [3.8, 4) is 22.9 Å². The zero-order valence-electron chi connectivity index (χ0n) is 22.1. The third kappa shape index (κ3) is 5.56. The van der Waals surface area contributed by atoms with Gasteiger partial charge in [0.05, 0.1) is 19.0 Å². The van der Waals surface area contributed by atoms with Gasteiger partial charge >= 0.3 is 6.11 Å². The van der Waals surface area contributed by atoms with Gasteiger partial charge in [-0.2, -0.15) is 13.8 Å². The average Bonchev–Trinajstić information content (AvgIpc) is 2.90. The standard InChI is InChI=1S/C27H30F4N6O2/c1-15(2)37-14-27(30,31)39-24-19(28)11-17(12-21(24)37)23-20(29)13-32-26(35-23)34-22-6-5-18(25(33-22)38-4)16-7-9-36(3)10-8-16/h5-6,11-13,15-16H,7-10,14H2,1-4H3,(H,32,33,34,35). The van der Waals surface area contributed by atoms with Crippen LogP contribution in [0.25, 0.3) is 11.3 Å². The molecule has 0 aliphatic carbocycles. The summed E-state index contributed by atoms with van der Waals surface area (Å²) in [4.78, 5) is 16.4. The van der Waals surface area contributed by atoms with Crippen molar-refractivity contribution in [2.75, 3.05) is 44.0 Å². The average molecular weight is 547 g/mol. The molecule has 12 heteroatoms. The number of pyridine rings is 1. The minimum absolute atomic E-state index is 0.0228. The highest BCUT2D eigenvalue weighted by atomic mass is 19.3. The second-order valence-corrected chi connectivity index (χ2v) is 10.2. The Balaban J connectivity index is 1.44. The predicted octanol–water partition coefficient (Wildman–Crippen LogP) is 5.58. The van der Waals surface area contributed by atoms with E-state index in [0.29, 0.717) is 17.6 Å². The van der Waals surface area contributed by atoms with Crippen LogP contribution in [0, 0.1) is 11.6 Å². The van der Waals surface area contributed by atoms with Crippen LogP contribution in [0.3, 0.4) is 0 Å². The zero-order valence-corrected chi connectivity index (χ0v) is 22.1. The van der Waals surface area contributed by atoms with E-state index in [1.165, 1.54) is 11.0 Å². The highest BCUT2D eigenvalue weighted by molar-refractivity contribution is 5.73. The highest BCUT2D eigenvalue weighted by Gasteiger charge is 2.43. The molecule has 0 atom stereocenters. The smallest absolute Gasteiger partial charge is 0.416 e. The summed E-state index contributed by atoms with van der Waals surface area (Å²) in [5.74, 6) is -1.21. The Hall–Kier alpha value is -3.67. The van der Waals surface area contributed by atoms with E-state index in [1.54, 1.807) is 27.0 Å². The number of fused-ring (bicyclic) bond motifs is 1. The Morgan fingerprint density at radius 1 is 1.10 bits per heavy atom. The molecule has 0 radical (unpaired) electrons. The molecular weight excluding hydrogens is 516 g/mol. The number of aromatic nitrogens is 3. The molecule has 2 aliphatic heterocycles. The van der Waals surface area contributed by atoms with Crippen LogP contribution in [0.5, 0.6) is 11.6 Å². The summed E-state index contributed by atoms with van der Waals surface area (Å²) in [6.07, 6.45) is -0.606. The molecule has 4 heterocycles. The normalized spacial score (nSPS) is 17.6. The number of hydrogen-bond acceptors (Lipinski definition) is 8. The number of ether oxygens (including phenoxy) is 2. The lowest BCUT2D eigenvalue weighted by atomic mass is 9.90. The molecule has 208 valence electrons. The van der Waals surface area contributed by atoms with E-state index in [0.717, 1.165) is 43.8 Å². The Morgan fingerprint density at radius 2 is 1.85 bits per heavy atom. The zero-order chi connectivity index (χ0) is 27.9. The first-order valence-corrected chi connectivity index (χ1v) is 12.7. The SMILES string of the molecule is COc1nc(Nc2ncc(F)c(-c3cc(F)c4c(c3)N(C(C)C)CC(F)(F)O4)n2)ccc1C1CCN(C)CC1. The fraction of sp³-hybridized carbons (Fsp3) is 0.444. The van der Waals surface area contributed by atoms with Gasteiger partial charge in [-0.15, -0.1) is 0 Å². The van der Waals surface area contributed by atoms with Crippen molar-refractivity contribution >= 4 is 17.5 Å². The monoisotopic (exact) mass is 546 g/mol. The molecule has 0 amide bonds. The minimum Gasteiger partial charge on any atom is -0.481 e. The number of nitrogens with zero attached hydrogens (tertiary/aromatic N) is 5. The summed E-state index contributed by atoms with van der Waals surface area (Å²) in [5.41, 5.74) is 0.959. The van der Waals surface area contributed by atoms with Crippen LogP contribution in [-0.2, 0) is 0 Å². The van der Waals surface area contributed by atoms with Gasteiger partial charge in [0, 0.05) is 17.2 Å². The quantitative estimate of drug-likeness (QED) is 0.402. The predicted molar refractivity (Wildman–Crippen MR) is 139 cm³/mol. The summed E-state index contributed by atoms with van der Waals surface area (Å²) in [5, 5.41) is 2.95. The second kappa shape index (κ2) is 10.5. The van der Waals surface area contributed by atoms with Crippen molar-refractivity contribution in [3.05, 3.63) is 47.7 Å². The lowest BCUT2D eigenvalue weighted by Gasteiger charge is -2.38. The molecule has 2 aliphatic rings. The van der Waals surface area contributed by atoms with E-state index >= 15 is 0 Å². The minimum atomic E-state index is -3.56. The summed E-state index contributed by atoms with van der Waals surface area (Å²) < 4.78 is 68.2. The number of hydrogen-bond donors (Lipinski definition) is 1. The summed E-state index contributed by atoms with van der Waals surface area (Å²) in [7, 11) is 3.66. The molecule has 1 aromatic carbocycles. The summed E-state index contributed by atoms with van der Waals surface area (Å²) in [6, 6.07) is 5.65. The van der Waals surface area contributed by atoms with Gasteiger partial charge in [-0.1, -0.05) is 0 Å². The van der Waals surface area contributed by atoms with Crippen LogP contribution < -0.4 is 19.7 Å². The number of methoxy groups -OCH3 is 1. The van der Waals surface area contributed by atoms with E-state index in [2.05, 4.69) is 37.0 Å². The summed E-state index contributed by atoms with van der Waals surface area (Å²) >= 11 is 0. The van der Waals surface area contributed by atoms with Crippen molar-refractivity contribution in [1.82, 2.24) is 19.9 Å². The van der Waals surface area contributed by atoms with Gasteiger partial charge in [-0.25, -0.2) is 18.7 Å². The van der Waals surface area contributed by atoms with Crippen LogP contribution in [0.2, 0.25) is 0 Å². The molecule has 1 fully saturated rings. The van der Waals surface area contributed by atoms with E-state index in [4.69, 9.17) is 4.74 Å². The molecule has 3 aromatic rings.